The van der Waals surface area contributed by atoms with Gasteiger partial charge in [0.2, 0.25) is 0 Å². The van der Waals surface area contributed by atoms with Gasteiger partial charge in [-0.15, -0.1) is 10.2 Å². The Morgan fingerprint density at radius 1 is 1.45 bits per heavy atom. The summed E-state index contributed by atoms with van der Waals surface area (Å²) in [6.45, 7) is 5.34. The van der Waals surface area contributed by atoms with Gasteiger partial charge in [0.25, 0.3) is 0 Å². The number of carbonyl (C=O) groups excluding carboxylic acids is 1. The van der Waals surface area contributed by atoms with Crippen molar-refractivity contribution in [3.05, 3.63) is 36.0 Å². The van der Waals surface area contributed by atoms with Gasteiger partial charge in [0.1, 0.15) is 17.7 Å². The lowest BCUT2D eigenvalue weighted by molar-refractivity contribution is 0.0527. The first-order chi connectivity index (χ1) is 9.76. The average Bonchev–Trinajstić information content (AvgIpc) is 2.93. The van der Waals surface area contributed by atoms with Crippen LogP contribution in [0.4, 0.5) is 5.82 Å². The fourth-order valence-corrected chi connectivity index (χ4v) is 1.76. The summed E-state index contributed by atoms with van der Waals surface area (Å²) >= 11 is 0. The first-order valence-electron chi connectivity index (χ1n) is 6.49. The number of esters is 1. The predicted octanol–water partition coefficient (Wildman–Crippen LogP) is 1.48. The molecular weight excluding hydrogens is 258 g/mol. The van der Waals surface area contributed by atoms with E-state index in [0.29, 0.717) is 24.5 Å². The molecule has 106 valence electrons. The van der Waals surface area contributed by atoms with E-state index in [2.05, 4.69) is 20.5 Å². The van der Waals surface area contributed by atoms with Gasteiger partial charge in [-0.25, -0.2) is 9.78 Å². The molecule has 0 radical (unpaired) electrons. The fraction of sp³-hybridized carbons (Fsp3) is 0.385. The molecule has 0 bridgehead atoms. The Bertz CT molecular complexity index is 582. The van der Waals surface area contributed by atoms with E-state index in [1.165, 1.54) is 0 Å². The van der Waals surface area contributed by atoms with Gasteiger partial charge in [-0.3, -0.25) is 0 Å². The molecule has 0 amide bonds. The second kappa shape index (κ2) is 6.65. The van der Waals surface area contributed by atoms with Gasteiger partial charge in [0.05, 0.1) is 13.2 Å². The molecule has 0 unspecified atom stereocenters. The number of hydrogen-bond donors (Lipinski definition) is 1. The van der Waals surface area contributed by atoms with Gasteiger partial charge in [-0.2, -0.15) is 0 Å². The number of aromatic nitrogens is 4. The smallest absolute Gasteiger partial charge is 0.341 e. The Morgan fingerprint density at radius 2 is 2.30 bits per heavy atom. The van der Waals surface area contributed by atoms with Crippen molar-refractivity contribution in [1.82, 2.24) is 19.7 Å². The van der Waals surface area contributed by atoms with Crippen LogP contribution >= 0.6 is 0 Å². The van der Waals surface area contributed by atoms with Crippen molar-refractivity contribution >= 4 is 11.8 Å². The van der Waals surface area contributed by atoms with E-state index in [9.17, 15) is 4.79 Å². The van der Waals surface area contributed by atoms with Crippen LogP contribution in [0.5, 0.6) is 0 Å². The standard InChI is InChI=1S/C13H17N5O2/c1-3-18-9-16-17-11(18)8-15-12-10(6-5-7-14-12)13(19)20-4-2/h5-7,9H,3-4,8H2,1-2H3,(H,14,15). The largest absolute Gasteiger partial charge is 0.462 e. The van der Waals surface area contributed by atoms with Gasteiger partial charge in [0.15, 0.2) is 5.82 Å². The number of nitrogens with one attached hydrogen (secondary N) is 1. The average molecular weight is 275 g/mol. The summed E-state index contributed by atoms with van der Waals surface area (Å²) in [7, 11) is 0. The van der Waals surface area contributed by atoms with Crippen LogP contribution in [0.25, 0.3) is 0 Å². The van der Waals surface area contributed by atoms with Crippen LogP contribution in [-0.4, -0.2) is 32.3 Å². The molecule has 2 rings (SSSR count). The molecule has 2 aromatic rings. The van der Waals surface area contributed by atoms with E-state index in [4.69, 9.17) is 4.74 Å². The second-order valence-corrected chi connectivity index (χ2v) is 4.01. The quantitative estimate of drug-likeness (QED) is 0.804. The van der Waals surface area contributed by atoms with Crippen molar-refractivity contribution in [2.24, 2.45) is 0 Å². The Labute approximate surface area is 117 Å². The summed E-state index contributed by atoms with van der Waals surface area (Å²) in [5, 5.41) is 11.0. The molecule has 0 spiro atoms. The Kier molecular flexibility index (Phi) is 4.65. The van der Waals surface area contributed by atoms with E-state index in [0.717, 1.165) is 12.4 Å². The molecule has 0 aliphatic heterocycles. The first-order valence-corrected chi connectivity index (χ1v) is 6.49. The summed E-state index contributed by atoms with van der Waals surface area (Å²) < 4.78 is 6.92. The third-order valence-electron chi connectivity index (χ3n) is 2.75. The molecule has 1 N–H and O–H groups in total. The summed E-state index contributed by atoms with van der Waals surface area (Å²) in [5.74, 6) is 0.879. The van der Waals surface area contributed by atoms with E-state index >= 15 is 0 Å². The number of rotatable bonds is 6. The van der Waals surface area contributed by atoms with E-state index < -0.39 is 0 Å². The number of anilines is 1. The highest BCUT2D eigenvalue weighted by Crippen LogP contribution is 2.13. The molecule has 7 nitrogen and oxygen atoms in total. The zero-order valence-electron chi connectivity index (χ0n) is 11.5. The molecule has 0 fully saturated rings. The third-order valence-corrected chi connectivity index (χ3v) is 2.75. The van der Waals surface area contributed by atoms with Gasteiger partial charge >= 0.3 is 5.97 Å². The number of ether oxygens (including phenoxy) is 1. The van der Waals surface area contributed by atoms with Gasteiger partial charge in [-0.1, -0.05) is 0 Å². The number of pyridine rings is 1. The molecule has 0 atom stereocenters. The first kappa shape index (κ1) is 14.0. The lowest BCUT2D eigenvalue weighted by Gasteiger charge is -2.10. The molecule has 2 aromatic heterocycles. The lowest BCUT2D eigenvalue weighted by Crippen LogP contribution is -2.13. The molecule has 0 saturated carbocycles. The van der Waals surface area contributed by atoms with Crippen LogP contribution in [0.2, 0.25) is 0 Å². The van der Waals surface area contributed by atoms with Crippen molar-refractivity contribution in [2.45, 2.75) is 26.9 Å². The Balaban J connectivity index is 2.11. The fourth-order valence-electron chi connectivity index (χ4n) is 1.76. The van der Waals surface area contributed by atoms with Crippen molar-refractivity contribution in [3.8, 4) is 0 Å². The number of carbonyl (C=O) groups is 1. The van der Waals surface area contributed by atoms with Crippen LogP contribution in [0, 0.1) is 0 Å². The summed E-state index contributed by atoms with van der Waals surface area (Å²) in [4.78, 5) is 16.0. The maximum absolute atomic E-state index is 11.8. The third kappa shape index (κ3) is 3.11. The van der Waals surface area contributed by atoms with Crippen LogP contribution in [0.3, 0.4) is 0 Å². The zero-order chi connectivity index (χ0) is 14.4. The topological polar surface area (TPSA) is 81.9 Å². The second-order valence-electron chi connectivity index (χ2n) is 4.01. The summed E-state index contributed by atoms with van der Waals surface area (Å²) in [6, 6.07) is 3.38. The van der Waals surface area contributed by atoms with Crippen LogP contribution < -0.4 is 5.32 Å². The van der Waals surface area contributed by atoms with Crippen LogP contribution in [0.15, 0.2) is 24.7 Å². The Morgan fingerprint density at radius 3 is 3.05 bits per heavy atom. The summed E-state index contributed by atoms with van der Waals surface area (Å²) in [6.07, 6.45) is 3.29. The molecular formula is C13H17N5O2. The van der Waals surface area contributed by atoms with Crippen molar-refractivity contribution in [3.63, 3.8) is 0 Å². The highest BCUT2D eigenvalue weighted by molar-refractivity contribution is 5.94. The minimum atomic E-state index is -0.389. The van der Waals surface area contributed by atoms with Crippen molar-refractivity contribution < 1.29 is 9.53 Å². The molecule has 20 heavy (non-hydrogen) atoms. The monoisotopic (exact) mass is 275 g/mol. The van der Waals surface area contributed by atoms with E-state index in [1.807, 2.05) is 11.5 Å². The SMILES string of the molecule is CCOC(=O)c1cccnc1NCc1nncn1CC. The maximum atomic E-state index is 11.8. The zero-order valence-corrected chi connectivity index (χ0v) is 11.5. The lowest BCUT2D eigenvalue weighted by atomic mass is 10.2. The highest BCUT2D eigenvalue weighted by Gasteiger charge is 2.13. The van der Waals surface area contributed by atoms with Crippen LogP contribution in [0.1, 0.15) is 30.0 Å². The van der Waals surface area contributed by atoms with Gasteiger partial charge in [0, 0.05) is 12.7 Å². The minimum Gasteiger partial charge on any atom is -0.462 e. The molecule has 0 saturated heterocycles. The highest BCUT2D eigenvalue weighted by atomic mass is 16.5. The number of nitrogens with zero attached hydrogens (tertiary/aromatic N) is 4. The molecule has 0 aliphatic rings. The van der Waals surface area contributed by atoms with Crippen LogP contribution in [-0.2, 0) is 17.8 Å². The van der Waals surface area contributed by atoms with Crippen molar-refractivity contribution in [1.29, 1.82) is 0 Å². The number of hydrogen-bond acceptors (Lipinski definition) is 6. The van der Waals surface area contributed by atoms with Gasteiger partial charge < -0.3 is 14.6 Å². The predicted molar refractivity (Wildman–Crippen MR) is 73.2 cm³/mol. The molecule has 0 aliphatic carbocycles. The summed E-state index contributed by atoms with van der Waals surface area (Å²) in [5.41, 5.74) is 0.414. The molecule has 7 heteroatoms. The van der Waals surface area contributed by atoms with Gasteiger partial charge in [-0.05, 0) is 26.0 Å². The van der Waals surface area contributed by atoms with Crippen molar-refractivity contribution in [2.75, 3.05) is 11.9 Å². The maximum Gasteiger partial charge on any atom is 0.341 e. The van der Waals surface area contributed by atoms with E-state index in [-0.39, 0.29) is 5.97 Å². The number of aryl methyl sites for hydroxylation is 1. The Hall–Kier alpha value is -2.44. The van der Waals surface area contributed by atoms with E-state index in [1.54, 1.807) is 31.6 Å². The normalized spacial score (nSPS) is 10.3. The minimum absolute atomic E-state index is 0.331. The molecule has 0 aromatic carbocycles. The molecule has 2 heterocycles.